The molecule has 9 heteroatoms. The molecular weight excluding hydrogens is 390 g/mol. The molecule has 7 nitrogen and oxygen atoms in total. The van der Waals surface area contributed by atoms with Gasteiger partial charge in [0, 0.05) is 23.6 Å². The number of hydrogen-bond acceptors (Lipinski definition) is 7. The molecule has 0 rings (SSSR count). The maximum atomic E-state index is 13.1. The summed E-state index contributed by atoms with van der Waals surface area (Å²) in [7, 11) is 0. The van der Waals surface area contributed by atoms with Crippen molar-refractivity contribution in [2.45, 2.75) is 33.6 Å². The third kappa shape index (κ3) is 11.1. The van der Waals surface area contributed by atoms with Gasteiger partial charge in [-0.15, -0.1) is 0 Å². The first-order chi connectivity index (χ1) is 13.2. The van der Waals surface area contributed by atoms with E-state index in [1.54, 1.807) is 0 Å². The summed E-state index contributed by atoms with van der Waals surface area (Å²) in [6, 6.07) is 0. The average molecular weight is 418 g/mol. The topological polar surface area (TPSA) is 88.1 Å². The number of halogens is 2. The Bertz CT molecular complexity index is 588. The molecule has 0 aliphatic carbocycles. The predicted octanol–water partition coefficient (Wildman–Crippen LogP) is 3.00. The molecule has 0 fully saturated rings. The molecule has 0 unspecified atom stereocenters. The van der Waals surface area contributed by atoms with E-state index in [0.29, 0.717) is 6.92 Å². The van der Waals surface area contributed by atoms with E-state index >= 15 is 0 Å². The third-order valence-electron chi connectivity index (χ3n) is 3.34. The fourth-order valence-electron chi connectivity index (χ4n) is 1.72. The van der Waals surface area contributed by atoms with Crippen LogP contribution in [0, 0.1) is 5.41 Å². The van der Waals surface area contributed by atoms with E-state index in [9.17, 15) is 23.2 Å². The Morgan fingerprint density at radius 1 is 0.690 bits per heavy atom. The zero-order chi connectivity index (χ0) is 22.8. The lowest BCUT2D eigenvalue weighted by Gasteiger charge is -2.32. The van der Waals surface area contributed by atoms with Crippen LogP contribution in [-0.2, 0) is 33.3 Å². The van der Waals surface area contributed by atoms with Gasteiger partial charge in [-0.2, -0.15) is 0 Å². The first-order valence-electron chi connectivity index (χ1n) is 8.62. The van der Waals surface area contributed by atoms with Crippen LogP contribution < -0.4 is 0 Å². The molecule has 29 heavy (non-hydrogen) atoms. The van der Waals surface area contributed by atoms with Crippen LogP contribution in [0.3, 0.4) is 0 Å². The lowest BCUT2D eigenvalue weighted by atomic mass is 9.92. The second kappa shape index (κ2) is 11.5. The Morgan fingerprint density at radius 2 is 1.00 bits per heavy atom. The summed E-state index contributed by atoms with van der Waals surface area (Å²) in [6.45, 7) is 12.5. The Kier molecular flexibility index (Phi) is 10.4. The van der Waals surface area contributed by atoms with Gasteiger partial charge in [0.1, 0.15) is 26.4 Å². The van der Waals surface area contributed by atoms with Crippen molar-refractivity contribution in [1.29, 1.82) is 0 Å². The molecule has 0 aromatic carbocycles. The number of esters is 3. The van der Waals surface area contributed by atoms with Gasteiger partial charge < -0.3 is 18.9 Å². The fraction of sp³-hybridized carbons (Fsp3) is 0.550. The van der Waals surface area contributed by atoms with Crippen molar-refractivity contribution in [3.05, 3.63) is 36.5 Å². The van der Waals surface area contributed by atoms with E-state index in [1.165, 1.54) is 20.8 Å². The van der Waals surface area contributed by atoms with Gasteiger partial charge in [0.15, 0.2) is 0 Å². The zero-order valence-corrected chi connectivity index (χ0v) is 17.3. The minimum atomic E-state index is -3.12. The van der Waals surface area contributed by atoms with Crippen LogP contribution in [0.5, 0.6) is 0 Å². The van der Waals surface area contributed by atoms with Crippen molar-refractivity contribution >= 4 is 17.9 Å². The highest BCUT2D eigenvalue weighted by Crippen LogP contribution is 2.24. The summed E-state index contributed by atoms with van der Waals surface area (Å²) in [6.07, 6.45) is 0. The van der Waals surface area contributed by atoms with Gasteiger partial charge in [-0.25, -0.2) is 23.2 Å². The molecule has 0 aliphatic rings. The SMILES string of the molecule is C=C(C)C(=O)OCC(COCC(C)(F)F)(COC(=O)C(=C)C)COC(=O)C(=C)C. The second-order valence-electron chi connectivity index (χ2n) is 7.13. The molecule has 0 aliphatic heterocycles. The zero-order valence-electron chi connectivity index (χ0n) is 17.3. The number of rotatable bonds is 13. The largest absolute Gasteiger partial charge is 0.461 e. The molecule has 0 N–H and O–H groups in total. The standard InChI is InChI=1S/C20H28F2O7/c1-13(2)16(23)27-10-20(9-26-8-19(7,21)22,11-28-17(24)14(3)4)12-29-18(25)15(5)6/h1,3,5,8-12H2,2,4,6-7H3. The van der Waals surface area contributed by atoms with E-state index in [0.717, 1.165) is 0 Å². The molecule has 0 spiro atoms. The molecule has 0 heterocycles. The Labute approximate surface area is 169 Å². The van der Waals surface area contributed by atoms with Crippen molar-refractivity contribution in [2.24, 2.45) is 5.41 Å². The van der Waals surface area contributed by atoms with Crippen LogP contribution >= 0.6 is 0 Å². The number of carbonyl (C=O) groups excluding carboxylic acids is 3. The number of carbonyl (C=O) groups is 3. The highest BCUT2D eigenvalue weighted by atomic mass is 19.3. The second-order valence-corrected chi connectivity index (χ2v) is 7.13. The molecule has 0 atom stereocenters. The monoisotopic (exact) mass is 418 g/mol. The highest BCUT2D eigenvalue weighted by molar-refractivity contribution is 5.88. The number of ether oxygens (including phenoxy) is 4. The van der Waals surface area contributed by atoms with Gasteiger partial charge in [0.25, 0.3) is 5.92 Å². The van der Waals surface area contributed by atoms with Gasteiger partial charge in [0.2, 0.25) is 0 Å². The first kappa shape index (κ1) is 26.4. The van der Waals surface area contributed by atoms with Crippen molar-refractivity contribution in [2.75, 3.05) is 33.0 Å². The quantitative estimate of drug-likeness (QED) is 0.258. The highest BCUT2D eigenvalue weighted by Gasteiger charge is 2.38. The van der Waals surface area contributed by atoms with E-state index < -0.39 is 62.3 Å². The summed E-state index contributed by atoms with van der Waals surface area (Å²) in [5, 5.41) is 0. The van der Waals surface area contributed by atoms with E-state index in [-0.39, 0.29) is 16.7 Å². The molecule has 164 valence electrons. The molecule has 0 saturated heterocycles. The smallest absolute Gasteiger partial charge is 0.333 e. The predicted molar refractivity (Wildman–Crippen MR) is 101 cm³/mol. The van der Waals surface area contributed by atoms with Crippen LogP contribution in [0.4, 0.5) is 8.78 Å². The van der Waals surface area contributed by atoms with E-state index in [1.807, 2.05) is 0 Å². The number of hydrogen-bond donors (Lipinski definition) is 0. The molecule has 0 bridgehead atoms. The van der Waals surface area contributed by atoms with Gasteiger partial charge in [0.05, 0.1) is 12.0 Å². The van der Waals surface area contributed by atoms with Crippen LogP contribution in [0.1, 0.15) is 27.7 Å². The Balaban J connectivity index is 5.58. The van der Waals surface area contributed by atoms with Gasteiger partial charge in [-0.3, -0.25) is 0 Å². The molecular formula is C20H28F2O7. The van der Waals surface area contributed by atoms with Crippen LogP contribution in [0.25, 0.3) is 0 Å². The molecule has 0 aromatic rings. The fourth-order valence-corrected chi connectivity index (χ4v) is 1.72. The normalized spacial score (nSPS) is 11.4. The Hall–Kier alpha value is -2.55. The number of alkyl halides is 2. The lowest BCUT2D eigenvalue weighted by Crippen LogP contribution is -2.44. The van der Waals surface area contributed by atoms with E-state index in [4.69, 9.17) is 18.9 Å². The molecule has 0 amide bonds. The van der Waals surface area contributed by atoms with Crippen molar-refractivity contribution < 1.29 is 42.1 Å². The van der Waals surface area contributed by atoms with Crippen LogP contribution in [-0.4, -0.2) is 56.9 Å². The molecule has 0 radical (unpaired) electrons. The van der Waals surface area contributed by atoms with Gasteiger partial charge >= 0.3 is 17.9 Å². The summed E-state index contributed by atoms with van der Waals surface area (Å²) in [4.78, 5) is 35.4. The molecule has 0 aromatic heterocycles. The maximum absolute atomic E-state index is 13.1. The third-order valence-corrected chi connectivity index (χ3v) is 3.34. The minimum Gasteiger partial charge on any atom is -0.461 e. The minimum absolute atomic E-state index is 0.0952. The lowest BCUT2D eigenvalue weighted by molar-refractivity contribution is -0.166. The van der Waals surface area contributed by atoms with Crippen molar-refractivity contribution in [3.63, 3.8) is 0 Å². The van der Waals surface area contributed by atoms with Crippen LogP contribution in [0.2, 0.25) is 0 Å². The van der Waals surface area contributed by atoms with Crippen molar-refractivity contribution in [1.82, 2.24) is 0 Å². The Morgan fingerprint density at radius 3 is 1.24 bits per heavy atom. The average Bonchev–Trinajstić information content (AvgIpc) is 2.60. The summed E-state index contributed by atoms with van der Waals surface area (Å²) >= 11 is 0. The van der Waals surface area contributed by atoms with Crippen LogP contribution in [0.15, 0.2) is 36.5 Å². The van der Waals surface area contributed by atoms with E-state index in [2.05, 4.69) is 19.7 Å². The summed E-state index contributed by atoms with van der Waals surface area (Å²) < 4.78 is 46.6. The summed E-state index contributed by atoms with van der Waals surface area (Å²) in [5.41, 5.74) is -1.15. The summed E-state index contributed by atoms with van der Waals surface area (Å²) in [5.74, 6) is -5.39. The van der Waals surface area contributed by atoms with Crippen molar-refractivity contribution in [3.8, 4) is 0 Å². The molecule has 0 saturated carbocycles. The first-order valence-corrected chi connectivity index (χ1v) is 8.62. The van der Waals surface area contributed by atoms with Gasteiger partial charge in [-0.1, -0.05) is 19.7 Å². The van der Waals surface area contributed by atoms with Gasteiger partial charge in [-0.05, 0) is 20.8 Å². The maximum Gasteiger partial charge on any atom is 0.333 e.